The second-order valence-corrected chi connectivity index (χ2v) is 13.1. The lowest BCUT2D eigenvalue weighted by Gasteiger charge is -2.24. The lowest BCUT2D eigenvalue weighted by Crippen LogP contribution is -2.26. The van der Waals surface area contributed by atoms with E-state index in [0.717, 1.165) is 35.4 Å². The number of halogens is 6. The van der Waals surface area contributed by atoms with Gasteiger partial charge in [0, 0.05) is 33.5 Å². The molecule has 0 atom stereocenters. The Morgan fingerprint density at radius 3 is 1.37 bits per heavy atom. The molecule has 46 heavy (non-hydrogen) atoms. The molecule has 0 aromatic heterocycles. The summed E-state index contributed by atoms with van der Waals surface area (Å²) in [6, 6.07) is 19.1. The van der Waals surface area contributed by atoms with Crippen molar-refractivity contribution in [2.24, 2.45) is 5.41 Å². The number of rotatable bonds is 6. The van der Waals surface area contributed by atoms with Crippen molar-refractivity contribution >= 4 is 23.1 Å². The largest absolute Gasteiger partial charge is 0.417 e. The Morgan fingerprint density at radius 2 is 0.957 bits per heavy atom. The molecule has 0 unspecified atom stereocenters. The number of carbonyl (C=O) groups excluding carboxylic acids is 2. The summed E-state index contributed by atoms with van der Waals surface area (Å²) in [5.41, 5.74) is -2.81. The average molecular weight is 641 g/mol. The predicted octanol–water partition coefficient (Wildman–Crippen LogP) is 10.7. The van der Waals surface area contributed by atoms with Crippen LogP contribution in [0.1, 0.15) is 73.4 Å². The van der Waals surface area contributed by atoms with E-state index in [2.05, 4.69) is 10.6 Å². The first-order chi connectivity index (χ1) is 21.1. The molecule has 0 heterocycles. The standard InChI is InChI=1S/C36H34F6N2O2/c1-33(2,3)31(45)23-11-7-21(8-12-23)22-9-13-24(14-10-22)32(46)43-25-15-17-27(29(19-25)35(37,38)39)28-18-16-26(44-34(4,5)6)20-30(28)36(40,41)42/h7-20,44H,1-6H3,(H,43,46). The van der Waals surface area contributed by atoms with E-state index >= 15 is 0 Å². The van der Waals surface area contributed by atoms with Crippen molar-refractivity contribution in [2.45, 2.75) is 59.4 Å². The van der Waals surface area contributed by atoms with Gasteiger partial charge in [-0.2, -0.15) is 26.3 Å². The predicted molar refractivity (Wildman–Crippen MR) is 169 cm³/mol. The number of hydrogen-bond acceptors (Lipinski definition) is 3. The van der Waals surface area contributed by atoms with Crippen LogP contribution < -0.4 is 10.6 Å². The number of benzene rings is 4. The van der Waals surface area contributed by atoms with Crippen molar-refractivity contribution in [3.8, 4) is 22.3 Å². The highest BCUT2D eigenvalue weighted by Crippen LogP contribution is 2.44. The number of ketones is 1. The maximum absolute atomic E-state index is 14.2. The Kier molecular flexibility index (Phi) is 9.17. The highest BCUT2D eigenvalue weighted by Gasteiger charge is 2.39. The Labute approximate surface area is 263 Å². The molecular formula is C36H34F6N2O2. The highest BCUT2D eigenvalue weighted by atomic mass is 19.4. The second-order valence-electron chi connectivity index (χ2n) is 13.1. The molecule has 0 aliphatic carbocycles. The number of nitrogens with one attached hydrogen (secondary N) is 2. The van der Waals surface area contributed by atoms with E-state index in [0.29, 0.717) is 11.6 Å². The maximum atomic E-state index is 14.2. The van der Waals surface area contributed by atoms with Crippen molar-refractivity contribution in [3.05, 3.63) is 107 Å². The van der Waals surface area contributed by atoms with Crippen LogP contribution in [-0.4, -0.2) is 17.2 Å². The molecule has 0 saturated carbocycles. The molecule has 0 aliphatic rings. The molecule has 4 aromatic rings. The molecule has 0 bridgehead atoms. The topological polar surface area (TPSA) is 58.2 Å². The summed E-state index contributed by atoms with van der Waals surface area (Å²) in [5.74, 6) is -0.702. The van der Waals surface area contributed by atoms with Gasteiger partial charge in [-0.05, 0) is 79.4 Å². The number of carbonyl (C=O) groups is 2. The number of anilines is 2. The summed E-state index contributed by atoms with van der Waals surface area (Å²) >= 11 is 0. The fourth-order valence-electron chi connectivity index (χ4n) is 4.88. The normalized spacial score (nSPS) is 12.5. The van der Waals surface area contributed by atoms with Gasteiger partial charge in [0.25, 0.3) is 5.91 Å². The van der Waals surface area contributed by atoms with Crippen molar-refractivity contribution in [1.82, 2.24) is 0 Å². The van der Waals surface area contributed by atoms with Gasteiger partial charge in [0.15, 0.2) is 5.78 Å². The number of Topliss-reactive ketones (excluding diaryl/α,β-unsaturated/α-hetero) is 1. The van der Waals surface area contributed by atoms with Gasteiger partial charge >= 0.3 is 12.4 Å². The molecule has 0 saturated heterocycles. The first-order valence-electron chi connectivity index (χ1n) is 14.4. The van der Waals surface area contributed by atoms with Gasteiger partial charge in [0.05, 0.1) is 11.1 Å². The molecule has 4 rings (SSSR count). The summed E-state index contributed by atoms with van der Waals surface area (Å²) in [6.07, 6.45) is -9.95. The third kappa shape index (κ3) is 8.16. The van der Waals surface area contributed by atoms with Crippen molar-refractivity contribution in [2.75, 3.05) is 10.6 Å². The molecule has 0 spiro atoms. The third-order valence-corrected chi connectivity index (χ3v) is 7.03. The van der Waals surface area contributed by atoms with Crippen LogP contribution in [-0.2, 0) is 12.4 Å². The molecule has 4 nitrogen and oxygen atoms in total. The third-order valence-electron chi connectivity index (χ3n) is 7.03. The average Bonchev–Trinajstić information content (AvgIpc) is 2.95. The smallest absolute Gasteiger partial charge is 0.380 e. The molecule has 2 N–H and O–H groups in total. The van der Waals surface area contributed by atoms with Crippen molar-refractivity contribution < 1.29 is 35.9 Å². The van der Waals surface area contributed by atoms with Crippen LogP contribution in [0.4, 0.5) is 37.7 Å². The Hall–Kier alpha value is -4.60. The molecule has 10 heteroatoms. The van der Waals surface area contributed by atoms with Gasteiger partial charge < -0.3 is 10.6 Å². The molecular weight excluding hydrogens is 606 g/mol. The van der Waals surface area contributed by atoms with E-state index in [1.165, 1.54) is 18.2 Å². The molecule has 0 fully saturated rings. The zero-order valence-electron chi connectivity index (χ0n) is 26.2. The van der Waals surface area contributed by atoms with Gasteiger partial charge in [-0.3, -0.25) is 9.59 Å². The van der Waals surface area contributed by atoms with Crippen LogP contribution in [0.2, 0.25) is 0 Å². The SMILES string of the molecule is CC(C)(C)Nc1ccc(-c2ccc(NC(=O)c3ccc(-c4ccc(C(=O)C(C)(C)C)cc4)cc3)cc2C(F)(F)F)c(C(F)(F)F)c1. The van der Waals surface area contributed by atoms with E-state index in [1.54, 1.807) is 57.2 Å². The molecule has 0 aliphatic heterocycles. The van der Waals surface area contributed by atoms with Crippen LogP contribution in [0.25, 0.3) is 22.3 Å². The Morgan fingerprint density at radius 1 is 0.543 bits per heavy atom. The first-order valence-corrected chi connectivity index (χ1v) is 14.4. The zero-order valence-corrected chi connectivity index (χ0v) is 26.2. The van der Waals surface area contributed by atoms with Crippen LogP contribution >= 0.6 is 0 Å². The fourth-order valence-corrected chi connectivity index (χ4v) is 4.88. The summed E-state index contributed by atoms with van der Waals surface area (Å²) in [5, 5.41) is 5.32. The minimum absolute atomic E-state index is 0.000112. The Bertz CT molecular complexity index is 1740. The second kappa shape index (κ2) is 12.3. The number of alkyl halides is 6. The van der Waals surface area contributed by atoms with Crippen molar-refractivity contribution in [3.63, 3.8) is 0 Å². The summed E-state index contributed by atoms with van der Waals surface area (Å²) < 4.78 is 84.8. The van der Waals surface area contributed by atoms with Gasteiger partial charge in [0.1, 0.15) is 0 Å². The van der Waals surface area contributed by atoms with Crippen molar-refractivity contribution in [1.29, 1.82) is 0 Å². The minimum Gasteiger partial charge on any atom is -0.380 e. The molecule has 4 aromatic carbocycles. The van der Waals surface area contributed by atoms with E-state index in [-0.39, 0.29) is 22.7 Å². The van der Waals surface area contributed by atoms with Crippen LogP contribution in [0.3, 0.4) is 0 Å². The highest BCUT2D eigenvalue weighted by molar-refractivity contribution is 6.05. The van der Waals surface area contributed by atoms with Crippen LogP contribution in [0.5, 0.6) is 0 Å². The summed E-state index contributed by atoms with van der Waals surface area (Å²) in [4.78, 5) is 25.4. The van der Waals surface area contributed by atoms with Gasteiger partial charge in [-0.25, -0.2) is 0 Å². The van der Waals surface area contributed by atoms with E-state index in [4.69, 9.17) is 0 Å². The lowest BCUT2D eigenvalue weighted by atomic mass is 9.86. The first kappa shape index (κ1) is 34.3. The van der Waals surface area contributed by atoms with E-state index in [1.807, 2.05) is 20.8 Å². The van der Waals surface area contributed by atoms with E-state index in [9.17, 15) is 35.9 Å². The monoisotopic (exact) mass is 640 g/mol. The number of hydrogen-bond donors (Lipinski definition) is 2. The van der Waals surface area contributed by atoms with Crippen LogP contribution in [0.15, 0.2) is 84.9 Å². The van der Waals surface area contributed by atoms with Gasteiger partial charge in [0.2, 0.25) is 0 Å². The number of amides is 1. The molecule has 1 amide bonds. The van der Waals surface area contributed by atoms with E-state index < -0.39 is 51.5 Å². The maximum Gasteiger partial charge on any atom is 0.417 e. The minimum atomic E-state index is -5.02. The quantitative estimate of drug-likeness (QED) is 0.163. The zero-order chi connectivity index (χ0) is 34.2. The fraction of sp³-hybridized carbons (Fsp3) is 0.278. The van der Waals surface area contributed by atoms with Crippen LogP contribution in [0, 0.1) is 5.41 Å². The molecule has 242 valence electrons. The molecule has 0 radical (unpaired) electrons. The Balaban J connectivity index is 1.60. The summed E-state index contributed by atoms with van der Waals surface area (Å²) in [6.45, 7) is 10.7. The summed E-state index contributed by atoms with van der Waals surface area (Å²) in [7, 11) is 0. The lowest BCUT2D eigenvalue weighted by molar-refractivity contribution is -0.139. The van der Waals surface area contributed by atoms with Gasteiger partial charge in [-0.15, -0.1) is 0 Å². The van der Waals surface area contributed by atoms with Gasteiger partial charge in [-0.1, -0.05) is 69.3 Å².